The lowest BCUT2D eigenvalue weighted by Gasteiger charge is -2.15. The lowest BCUT2D eigenvalue weighted by atomic mass is 10.0. The Morgan fingerprint density at radius 2 is 2.03 bits per heavy atom. The first-order valence-electron chi connectivity index (χ1n) is 8.75. The molecule has 9 nitrogen and oxygen atoms in total. The molecule has 0 aliphatic carbocycles. The molecule has 158 valence electrons. The zero-order valence-corrected chi connectivity index (χ0v) is 15.6. The Bertz CT molecular complexity index is 1110. The van der Waals surface area contributed by atoms with E-state index < -0.39 is 31.1 Å². The summed E-state index contributed by atoms with van der Waals surface area (Å²) < 4.78 is 40.4. The topological polar surface area (TPSA) is 127 Å². The average molecular weight is 422 g/mol. The van der Waals surface area contributed by atoms with E-state index in [4.69, 9.17) is 9.15 Å². The number of rotatable bonds is 8. The van der Waals surface area contributed by atoms with Gasteiger partial charge in [-0.05, 0) is 42.4 Å². The quantitative estimate of drug-likeness (QED) is 0.421. The van der Waals surface area contributed by atoms with Crippen LogP contribution in [0.3, 0.4) is 0 Å². The van der Waals surface area contributed by atoms with Crippen LogP contribution in [-0.2, 0) is 9.53 Å². The number of benzene rings is 2. The van der Waals surface area contributed by atoms with Crippen molar-refractivity contribution in [1.29, 1.82) is 0 Å². The van der Waals surface area contributed by atoms with Crippen LogP contribution in [0.5, 0.6) is 5.75 Å². The van der Waals surface area contributed by atoms with E-state index in [1.165, 1.54) is 24.3 Å². The van der Waals surface area contributed by atoms with Crippen LogP contribution < -0.4 is 10.1 Å². The summed E-state index contributed by atoms with van der Waals surface area (Å²) in [5.74, 6) is -1.97. The molecule has 1 amide bonds. The second-order valence-electron chi connectivity index (χ2n) is 6.03. The second-order valence-corrected chi connectivity index (χ2v) is 6.03. The summed E-state index contributed by atoms with van der Waals surface area (Å²) in [7, 11) is 0. The highest BCUT2D eigenvalue weighted by Crippen LogP contribution is 2.39. The van der Waals surface area contributed by atoms with E-state index in [0.29, 0.717) is 0 Å². The van der Waals surface area contributed by atoms with Crippen LogP contribution in [0, 0.1) is 4.91 Å². The fourth-order valence-corrected chi connectivity index (χ4v) is 2.94. The van der Waals surface area contributed by atoms with E-state index in [-0.39, 0.29) is 45.5 Å². The maximum Gasteiger partial charge on any atom is 0.387 e. The fourth-order valence-electron chi connectivity index (χ4n) is 2.94. The molecule has 1 unspecified atom stereocenters. The molecule has 2 N–H and O–H groups in total. The van der Waals surface area contributed by atoms with Crippen molar-refractivity contribution in [2.75, 3.05) is 13.2 Å². The molecule has 0 aliphatic rings. The number of furan rings is 1. The molecule has 0 aliphatic heterocycles. The van der Waals surface area contributed by atoms with Crippen molar-refractivity contribution in [3.63, 3.8) is 0 Å². The van der Waals surface area contributed by atoms with Gasteiger partial charge in [-0.3, -0.25) is 4.79 Å². The summed E-state index contributed by atoms with van der Waals surface area (Å²) in [6.07, 6.45) is 0. The van der Waals surface area contributed by atoms with Gasteiger partial charge in [0.05, 0.1) is 18.8 Å². The molecule has 1 atom stereocenters. The number of aliphatic hydroxyl groups is 1. The lowest BCUT2D eigenvalue weighted by Crippen LogP contribution is -2.44. The zero-order chi connectivity index (χ0) is 21.8. The predicted molar refractivity (Wildman–Crippen MR) is 101 cm³/mol. The number of hydrogen-bond donors (Lipinski definition) is 2. The SMILES string of the molecule is CCOC(=O)C(CO)NC(=O)c1ccc(OC(F)F)c2oc3ccc(N=O)cc3c12. The Labute approximate surface area is 167 Å². The maximum atomic E-state index is 12.8. The Kier molecular flexibility index (Phi) is 6.21. The normalized spacial score (nSPS) is 12.2. The first-order valence-corrected chi connectivity index (χ1v) is 8.75. The van der Waals surface area contributed by atoms with Gasteiger partial charge in [0.15, 0.2) is 17.4 Å². The Morgan fingerprint density at radius 1 is 1.27 bits per heavy atom. The molecule has 0 saturated heterocycles. The number of fused-ring (bicyclic) bond motifs is 3. The molecule has 3 aromatic rings. The summed E-state index contributed by atoms with van der Waals surface area (Å²) in [5.41, 5.74) is 0.00575. The lowest BCUT2D eigenvalue weighted by molar-refractivity contribution is -0.146. The minimum absolute atomic E-state index is 0.0245. The third kappa shape index (κ3) is 4.06. The Hall–Kier alpha value is -3.60. The average Bonchev–Trinajstić information content (AvgIpc) is 3.11. The maximum absolute atomic E-state index is 12.8. The first kappa shape index (κ1) is 21.1. The van der Waals surface area contributed by atoms with Crippen LogP contribution in [0.1, 0.15) is 17.3 Å². The van der Waals surface area contributed by atoms with Crippen molar-refractivity contribution in [1.82, 2.24) is 5.32 Å². The number of nitrogens with one attached hydrogen (secondary N) is 1. The molecule has 0 fully saturated rings. The Morgan fingerprint density at radius 3 is 2.67 bits per heavy atom. The largest absolute Gasteiger partial charge is 0.464 e. The number of nitrogens with zero attached hydrogens (tertiary/aromatic N) is 1. The highest BCUT2D eigenvalue weighted by molar-refractivity contribution is 6.18. The standard InChI is InChI=1S/C19H16F2N2O7/c1-2-28-18(26)12(8-24)22-17(25)10-4-6-14(30-19(20)21)16-15(10)11-7-9(23-27)3-5-13(11)29-16/h3-7,12,19,24H,2,8H2,1H3,(H,22,25). The van der Waals surface area contributed by atoms with Crippen LogP contribution in [0.15, 0.2) is 39.9 Å². The molecule has 1 heterocycles. The van der Waals surface area contributed by atoms with Crippen LogP contribution >= 0.6 is 0 Å². The molecule has 1 aromatic heterocycles. The number of halogens is 2. The van der Waals surface area contributed by atoms with Gasteiger partial charge in [-0.2, -0.15) is 8.78 Å². The molecule has 11 heteroatoms. The summed E-state index contributed by atoms with van der Waals surface area (Å²) in [5, 5.41) is 14.9. The van der Waals surface area contributed by atoms with Gasteiger partial charge in [0, 0.05) is 10.8 Å². The number of ether oxygens (including phenoxy) is 2. The van der Waals surface area contributed by atoms with Gasteiger partial charge in [-0.15, -0.1) is 4.91 Å². The monoisotopic (exact) mass is 422 g/mol. The van der Waals surface area contributed by atoms with E-state index in [2.05, 4.69) is 15.2 Å². The number of carbonyl (C=O) groups is 2. The minimum Gasteiger partial charge on any atom is -0.464 e. The number of esters is 1. The van der Waals surface area contributed by atoms with Crippen molar-refractivity contribution < 1.29 is 37.4 Å². The zero-order valence-electron chi connectivity index (χ0n) is 15.6. The first-order chi connectivity index (χ1) is 14.4. The Balaban J connectivity index is 2.15. The molecular weight excluding hydrogens is 406 g/mol. The van der Waals surface area contributed by atoms with E-state index in [0.717, 1.165) is 6.07 Å². The molecule has 3 rings (SSSR count). The van der Waals surface area contributed by atoms with Gasteiger partial charge < -0.3 is 24.3 Å². The minimum atomic E-state index is -3.14. The van der Waals surface area contributed by atoms with Crippen molar-refractivity contribution >= 4 is 39.5 Å². The van der Waals surface area contributed by atoms with Crippen molar-refractivity contribution in [3.8, 4) is 5.75 Å². The summed E-state index contributed by atoms with van der Waals surface area (Å²) in [4.78, 5) is 35.6. The van der Waals surface area contributed by atoms with Crippen LogP contribution in [0.25, 0.3) is 21.9 Å². The van der Waals surface area contributed by atoms with Crippen LogP contribution in [-0.4, -0.2) is 42.9 Å². The van der Waals surface area contributed by atoms with Gasteiger partial charge >= 0.3 is 12.6 Å². The molecule has 30 heavy (non-hydrogen) atoms. The van der Waals surface area contributed by atoms with Crippen molar-refractivity contribution in [2.24, 2.45) is 5.18 Å². The number of aliphatic hydroxyl groups excluding tert-OH is 1. The molecule has 2 aromatic carbocycles. The van der Waals surface area contributed by atoms with Gasteiger partial charge in [0.25, 0.3) is 5.91 Å². The van der Waals surface area contributed by atoms with Gasteiger partial charge in [0.1, 0.15) is 11.3 Å². The highest BCUT2D eigenvalue weighted by atomic mass is 19.3. The summed E-state index contributed by atoms with van der Waals surface area (Å²) in [6, 6.07) is 5.05. The van der Waals surface area contributed by atoms with Crippen molar-refractivity contribution in [3.05, 3.63) is 40.8 Å². The summed E-state index contributed by atoms with van der Waals surface area (Å²) in [6.45, 7) is -2.25. The number of amides is 1. The third-order valence-corrected chi connectivity index (χ3v) is 4.19. The second kappa shape index (κ2) is 8.82. The smallest absolute Gasteiger partial charge is 0.387 e. The number of alkyl halides is 2. The van der Waals surface area contributed by atoms with Crippen LogP contribution in [0.2, 0.25) is 0 Å². The molecule has 0 spiro atoms. The van der Waals surface area contributed by atoms with E-state index in [9.17, 15) is 28.4 Å². The number of carbonyl (C=O) groups excluding carboxylic acids is 2. The van der Waals surface area contributed by atoms with Crippen LogP contribution in [0.4, 0.5) is 14.5 Å². The van der Waals surface area contributed by atoms with Gasteiger partial charge in [-0.25, -0.2) is 4.79 Å². The summed E-state index contributed by atoms with van der Waals surface area (Å²) >= 11 is 0. The molecular formula is C19H16F2N2O7. The predicted octanol–water partition coefficient (Wildman–Crippen LogP) is 3.24. The highest BCUT2D eigenvalue weighted by Gasteiger charge is 2.26. The van der Waals surface area contributed by atoms with Gasteiger partial charge in [0.2, 0.25) is 0 Å². The molecule has 0 bridgehead atoms. The number of hydrogen-bond acceptors (Lipinski definition) is 8. The van der Waals surface area contributed by atoms with E-state index in [1.807, 2.05) is 0 Å². The fraction of sp³-hybridized carbons (Fsp3) is 0.263. The third-order valence-electron chi connectivity index (χ3n) is 4.19. The van der Waals surface area contributed by atoms with E-state index >= 15 is 0 Å². The van der Waals surface area contributed by atoms with Crippen molar-refractivity contribution in [2.45, 2.75) is 19.6 Å². The molecule has 0 saturated carbocycles. The van der Waals surface area contributed by atoms with E-state index in [1.54, 1.807) is 6.92 Å². The number of nitroso groups, excluding NO2 is 1. The van der Waals surface area contributed by atoms with Gasteiger partial charge in [-0.1, -0.05) is 0 Å². The molecule has 0 radical (unpaired) electrons.